The van der Waals surface area contributed by atoms with Crippen LogP contribution in [0, 0.1) is 0 Å². The summed E-state index contributed by atoms with van der Waals surface area (Å²) in [6.07, 6.45) is 13.7. The Labute approximate surface area is 180 Å². The van der Waals surface area contributed by atoms with E-state index in [1.807, 2.05) is 18.3 Å². The number of phenols is 1. The number of aromatic hydroxyl groups is 1. The molecular formula is C27H33NO2. The lowest BCUT2D eigenvalue weighted by Gasteiger charge is -2.12. The highest BCUT2D eigenvalue weighted by atomic mass is 16.5. The summed E-state index contributed by atoms with van der Waals surface area (Å²) in [6, 6.07) is 15.7. The van der Waals surface area contributed by atoms with E-state index in [9.17, 15) is 5.11 Å². The minimum Gasteiger partial charge on any atom is -0.508 e. The molecule has 1 unspecified atom stereocenters. The van der Waals surface area contributed by atoms with Gasteiger partial charge in [0.15, 0.2) is 0 Å². The van der Waals surface area contributed by atoms with Gasteiger partial charge < -0.3 is 9.84 Å². The molecule has 0 saturated carbocycles. The summed E-state index contributed by atoms with van der Waals surface area (Å²) in [5, 5.41) is 11.8. The fraction of sp³-hybridized carbons (Fsp3) is 0.370. The van der Waals surface area contributed by atoms with Crippen LogP contribution in [-0.4, -0.2) is 22.8 Å². The Balaban J connectivity index is 1.50. The number of ether oxygens (including phenoxy) is 1. The molecule has 0 saturated heterocycles. The van der Waals surface area contributed by atoms with Gasteiger partial charge in [0.2, 0.25) is 0 Å². The Kier molecular flexibility index (Phi) is 8.46. The van der Waals surface area contributed by atoms with Crippen molar-refractivity contribution in [2.24, 2.45) is 0 Å². The highest BCUT2D eigenvalue weighted by Crippen LogP contribution is 2.24. The predicted molar refractivity (Wildman–Crippen MR) is 127 cm³/mol. The first kappa shape index (κ1) is 22.0. The van der Waals surface area contributed by atoms with Crippen LogP contribution in [0.25, 0.3) is 28.1 Å². The van der Waals surface area contributed by atoms with Gasteiger partial charge in [0.1, 0.15) is 5.75 Å². The van der Waals surface area contributed by atoms with Crippen LogP contribution in [0.2, 0.25) is 0 Å². The fourth-order valence-electron chi connectivity index (χ4n) is 3.52. The number of hydrogen-bond acceptors (Lipinski definition) is 3. The number of fused-ring (bicyclic) bond motifs is 1. The first-order valence-corrected chi connectivity index (χ1v) is 11.1. The summed E-state index contributed by atoms with van der Waals surface area (Å²) in [5.41, 5.74) is 3.12. The number of unbranched alkanes of at least 4 members (excludes halogenated alkanes) is 3. The molecule has 3 rings (SSSR count). The number of benzene rings is 2. The molecule has 1 heterocycles. The predicted octanol–water partition coefficient (Wildman–Crippen LogP) is 7.39. The van der Waals surface area contributed by atoms with Crippen LogP contribution in [0.15, 0.2) is 60.8 Å². The van der Waals surface area contributed by atoms with Crippen molar-refractivity contribution in [2.75, 3.05) is 6.61 Å². The molecule has 0 aliphatic rings. The highest BCUT2D eigenvalue weighted by Gasteiger charge is 2.03. The molecule has 3 aromatic rings. The normalized spacial score (nSPS) is 12.6. The van der Waals surface area contributed by atoms with E-state index in [0.717, 1.165) is 42.5 Å². The molecule has 0 amide bonds. The lowest BCUT2D eigenvalue weighted by atomic mass is 10.0. The van der Waals surface area contributed by atoms with E-state index in [-0.39, 0.29) is 5.75 Å². The van der Waals surface area contributed by atoms with Gasteiger partial charge in [0.25, 0.3) is 0 Å². The van der Waals surface area contributed by atoms with E-state index in [4.69, 9.17) is 4.74 Å². The molecule has 0 spiro atoms. The Morgan fingerprint density at radius 2 is 1.83 bits per heavy atom. The van der Waals surface area contributed by atoms with E-state index in [1.54, 1.807) is 12.1 Å². The van der Waals surface area contributed by atoms with E-state index in [0.29, 0.717) is 6.10 Å². The molecule has 1 N–H and O–H groups in total. The molecule has 0 aliphatic heterocycles. The molecule has 3 heteroatoms. The van der Waals surface area contributed by atoms with Crippen molar-refractivity contribution < 1.29 is 9.84 Å². The lowest BCUT2D eigenvalue weighted by molar-refractivity contribution is 0.0566. The van der Waals surface area contributed by atoms with Crippen molar-refractivity contribution >= 4 is 16.8 Å². The zero-order valence-corrected chi connectivity index (χ0v) is 18.2. The van der Waals surface area contributed by atoms with Gasteiger partial charge in [0.05, 0.1) is 11.8 Å². The Morgan fingerprint density at radius 3 is 2.63 bits per heavy atom. The standard InChI is InChI=1S/C27H33NO2/c1-3-4-8-17-30-21(2)9-6-5-7-10-22-11-12-24-19-27(28-20-25(24)18-22)23-13-15-26(29)16-14-23/h7,10-16,18-21,29H,3-6,8-9,17H2,1-2H3. The van der Waals surface area contributed by atoms with E-state index >= 15 is 0 Å². The van der Waals surface area contributed by atoms with Gasteiger partial charge in [-0.3, -0.25) is 4.98 Å². The average Bonchev–Trinajstić information content (AvgIpc) is 2.76. The largest absolute Gasteiger partial charge is 0.508 e. The molecule has 30 heavy (non-hydrogen) atoms. The maximum atomic E-state index is 9.46. The van der Waals surface area contributed by atoms with Crippen molar-refractivity contribution in [1.82, 2.24) is 4.98 Å². The number of phenolic OH excluding ortho intramolecular Hbond substituents is 1. The molecular weight excluding hydrogens is 370 g/mol. The summed E-state index contributed by atoms with van der Waals surface area (Å²) in [7, 11) is 0. The zero-order valence-electron chi connectivity index (χ0n) is 18.2. The number of pyridine rings is 1. The maximum absolute atomic E-state index is 9.46. The summed E-state index contributed by atoms with van der Waals surface area (Å²) >= 11 is 0. The molecule has 1 aromatic heterocycles. The Hall–Kier alpha value is -2.65. The molecule has 0 bridgehead atoms. The molecule has 0 radical (unpaired) electrons. The topological polar surface area (TPSA) is 42.4 Å². The summed E-state index contributed by atoms with van der Waals surface area (Å²) in [4.78, 5) is 4.59. The highest BCUT2D eigenvalue weighted by molar-refractivity contribution is 5.87. The van der Waals surface area contributed by atoms with Crippen LogP contribution in [0.4, 0.5) is 0 Å². The average molecular weight is 404 g/mol. The first-order chi connectivity index (χ1) is 14.7. The van der Waals surface area contributed by atoms with Crippen LogP contribution in [0.1, 0.15) is 57.9 Å². The second-order valence-electron chi connectivity index (χ2n) is 7.94. The second-order valence-corrected chi connectivity index (χ2v) is 7.94. The van der Waals surface area contributed by atoms with E-state index < -0.39 is 0 Å². The lowest BCUT2D eigenvalue weighted by Crippen LogP contribution is -2.08. The molecule has 158 valence electrons. The van der Waals surface area contributed by atoms with Gasteiger partial charge in [0, 0.05) is 23.8 Å². The number of aromatic nitrogens is 1. The van der Waals surface area contributed by atoms with Crippen LogP contribution in [0.3, 0.4) is 0 Å². The number of rotatable bonds is 11. The number of allylic oxidation sites excluding steroid dienone is 1. The van der Waals surface area contributed by atoms with Gasteiger partial charge >= 0.3 is 0 Å². The molecule has 2 aromatic carbocycles. The van der Waals surface area contributed by atoms with Gasteiger partial charge in [-0.2, -0.15) is 0 Å². The van der Waals surface area contributed by atoms with Crippen LogP contribution in [0.5, 0.6) is 5.75 Å². The molecule has 1 atom stereocenters. The van der Waals surface area contributed by atoms with Gasteiger partial charge in [-0.25, -0.2) is 0 Å². The summed E-state index contributed by atoms with van der Waals surface area (Å²) in [6.45, 7) is 5.29. The van der Waals surface area contributed by atoms with Crippen molar-refractivity contribution in [1.29, 1.82) is 0 Å². The third-order valence-corrected chi connectivity index (χ3v) is 5.35. The smallest absolute Gasteiger partial charge is 0.115 e. The molecule has 0 aliphatic carbocycles. The fourth-order valence-corrected chi connectivity index (χ4v) is 3.52. The molecule has 3 nitrogen and oxygen atoms in total. The molecule has 0 fully saturated rings. The van der Waals surface area contributed by atoms with Crippen molar-refractivity contribution in [3.05, 3.63) is 66.4 Å². The maximum Gasteiger partial charge on any atom is 0.115 e. The Morgan fingerprint density at radius 1 is 1.00 bits per heavy atom. The quantitative estimate of drug-likeness (QED) is 0.339. The van der Waals surface area contributed by atoms with E-state index in [2.05, 4.69) is 55.2 Å². The Bertz CT molecular complexity index is 947. The van der Waals surface area contributed by atoms with Crippen molar-refractivity contribution in [2.45, 2.75) is 58.5 Å². The van der Waals surface area contributed by atoms with Gasteiger partial charge in [-0.05, 0) is 80.0 Å². The monoisotopic (exact) mass is 403 g/mol. The van der Waals surface area contributed by atoms with E-state index in [1.165, 1.54) is 30.2 Å². The zero-order chi connectivity index (χ0) is 21.2. The summed E-state index contributed by atoms with van der Waals surface area (Å²) in [5.74, 6) is 0.268. The minimum absolute atomic E-state index is 0.268. The second kappa shape index (κ2) is 11.5. The minimum atomic E-state index is 0.268. The third kappa shape index (κ3) is 6.70. The third-order valence-electron chi connectivity index (χ3n) is 5.35. The van der Waals surface area contributed by atoms with Crippen molar-refractivity contribution in [3.63, 3.8) is 0 Å². The SMILES string of the molecule is CCCCCOC(C)CCCC=Cc1ccc2cc(-c3ccc(O)cc3)ncc2c1. The van der Waals surface area contributed by atoms with Gasteiger partial charge in [-0.15, -0.1) is 0 Å². The summed E-state index contributed by atoms with van der Waals surface area (Å²) < 4.78 is 5.86. The first-order valence-electron chi connectivity index (χ1n) is 11.1. The number of nitrogens with zero attached hydrogens (tertiary/aromatic N) is 1. The van der Waals surface area contributed by atoms with Crippen LogP contribution in [-0.2, 0) is 4.74 Å². The van der Waals surface area contributed by atoms with Crippen LogP contribution < -0.4 is 0 Å². The van der Waals surface area contributed by atoms with Crippen molar-refractivity contribution in [3.8, 4) is 17.0 Å². The van der Waals surface area contributed by atoms with Gasteiger partial charge in [-0.1, -0.05) is 44.1 Å². The number of hydrogen-bond donors (Lipinski definition) is 1. The van der Waals surface area contributed by atoms with Crippen LogP contribution >= 0.6 is 0 Å².